The number of nitrogens with one attached hydrogen (secondary N) is 1. The van der Waals surface area contributed by atoms with Crippen molar-refractivity contribution < 1.29 is 23.8 Å². The SMILES string of the molecule is COCC(C)(CC(=O)O)NC(=O)CCc1ncc(-c2ccccc2Cl)o1. The molecule has 1 heterocycles. The van der Waals surface area contributed by atoms with Gasteiger partial charge in [-0.2, -0.15) is 0 Å². The molecule has 7 nitrogen and oxygen atoms in total. The lowest BCUT2D eigenvalue weighted by Gasteiger charge is -2.28. The van der Waals surface area contributed by atoms with E-state index >= 15 is 0 Å². The number of ether oxygens (including phenoxy) is 1. The molecule has 140 valence electrons. The number of hydrogen-bond acceptors (Lipinski definition) is 5. The second kappa shape index (κ2) is 8.82. The van der Waals surface area contributed by atoms with Gasteiger partial charge in [0.25, 0.3) is 0 Å². The Labute approximate surface area is 156 Å². The Balaban J connectivity index is 1.95. The number of rotatable bonds is 9. The van der Waals surface area contributed by atoms with Gasteiger partial charge in [-0.1, -0.05) is 23.7 Å². The fourth-order valence-corrected chi connectivity index (χ4v) is 2.84. The maximum atomic E-state index is 12.2. The Bertz CT molecular complexity index is 776. The summed E-state index contributed by atoms with van der Waals surface area (Å²) in [6, 6.07) is 7.24. The third-order valence-corrected chi connectivity index (χ3v) is 4.03. The smallest absolute Gasteiger partial charge is 0.305 e. The summed E-state index contributed by atoms with van der Waals surface area (Å²) in [5.74, 6) is -0.381. The zero-order valence-electron chi connectivity index (χ0n) is 14.6. The number of carbonyl (C=O) groups excluding carboxylic acids is 1. The van der Waals surface area contributed by atoms with Gasteiger partial charge in [-0.25, -0.2) is 4.98 Å². The molecule has 0 fully saturated rings. The summed E-state index contributed by atoms with van der Waals surface area (Å²) in [5.41, 5.74) is -0.247. The maximum Gasteiger partial charge on any atom is 0.305 e. The number of aromatic nitrogens is 1. The average molecular weight is 381 g/mol. The molecule has 1 amide bonds. The molecule has 8 heteroatoms. The quantitative estimate of drug-likeness (QED) is 0.693. The number of carboxylic acid groups (broad SMARTS) is 1. The highest BCUT2D eigenvalue weighted by Gasteiger charge is 2.29. The summed E-state index contributed by atoms with van der Waals surface area (Å²) in [6.07, 6.45) is 1.73. The number of aryl methyl sites for hydroxylation is 1. The highest BCUT2D eigenvalue weighted by Crippen LogP contribution is 2.28. The molecule has 0 saturated heterocycles. The molecule has 0 aliphatic rings. The van der Waals surface area contributed by atoms with E-state index in [9.17, 15) is 9.59 Å². The van der Waals surface area contributed by atoms with E-state index in [-0.39, 0.29) is 31.8 Å². The summed E-state index contributed by atoms with van der Waals surface area (Å²) < 4.78 is 10.7. The van der Waals surface area contributed by atoms with Crippen molar-refractivity contribution in [2.24, 2.45) is 0 Å². The zero-order chi connectivity index (χ0) is 19.2. The van der Waals surface area contributed by atoms with Gasteiger partial charge in [-0.05, 0) is 19.1 Å². The molecular formula is C18H21ClN2O5. The number of nitrogens with zero attached hydrogens (tertiary/aromatic N) is 1. The van der Waals surface area contributed by atoms with Gasteiger partial charge in [-0.15, -0.1) is 0 Å². The minimum absolute atomic E-state index is 0.0979. The first-order valence-electron chi connectivity index (χ1n) is 8.04. The van der Waals surface area contributed by atoms with Gasteiger partial charge < -0.3 is 19.6 Å². The number of hydrogen-bond donors (Lipinski definition) is 2. The number of methoxy groups -OCH3 is 1. The molecule has 0 spiro atoms. The standard InChI is InChI=1S/C18H21ClN2O5/c1-18(11-25-2,9-17(23)24)21-15(22)7-8-16-20-10-14(26-16)12-5-3-4-6-13(12)19/h3-6,10H,7-9,11H2,1-2H3,(H,21,22)(H,23,24). The van der Waals surface area contributed by atoms with Crippen molar-refractivity contribution in [2.75, 3.05) is 13.7 Å². The molecule has 0 aliphatic carbocycles. The van der Waals surface area contributed by atoms with E-state index in [1.165, 1.54) is 7.11 Å². The molecule has 26 heavy (non-hydrogen) atoms. The highest BCUT2D eigenvalue weighted by molar-refractivity contribution is 6.33. The number of carboxylic acids is 1. The predicted octanol–water partition coefficient (Wildman–Crippen LogP) is 2.92. The van der Waals surface area contributed by atoms with Crippen LogP contribution in [0, 0.1) is 0 Å². The van der Waals surface area contributed by atoms with Gasteiger partial charge in [0, 0.05) is 25.5 Å². The minimum Gasteiger partial charge on any atom is -0.481 e. The van der Waals surface area contributed by atoms with Crippen LogP contribution in [-0.2, 0) is 20.7 Å². The molecule has 0 bridgehead atoms. The van der Waals surface area contributed by atoms with Crippen LogP contribution in [0.2, 0.25) is 5.02 Å². The first-order valence-corrected chi connectivity index (χ1v) is 8.42. The highest BCUT2D eigenvalue weighted by atomic mass is 35.5. The molecule has 0 radical (unpaired) electrons. The van der Waals surface area contributed by atoms with E-state index in [1.54, 1.807) is 19.2 Å². The van der Waals surface area contributed by atoms with Crippen LogP contribution in [0.5, 0.6) is 0 Å². The molecule has 0 saturated carbocycles. The fraction of sp³-hybridized carbons (Fsp3) is 0.389. The van der Waals surface area contributed by atoms with Gasteiger partial charge >= 0.3 is 5.97 Å². The van der Waals surface area contributed by atoms with Crippen LogP contribution in [0.1, 0.15) is 25.7 Å². The van der Waals surface area contributed by atoms with Crippen LogP contribution >= 0.6 is 11.6 Å². The van der Waals surface area contributed by atoms with E-state index in [1.807, 2.05) is 18.2 Å². The maximum absolute atomic E-state index is 12.2. The third-order valence-electron chi connectivity index (χ3n) is 3.70. The minimum atomic E-state index is -1.01. The topological polar surface area (TPSA) is 102 Å². The molecule has 2 aromatic rings. The molecule has 1 aromatic heterocycles. The molecule has 0 aliphatic heterocycles. The van der Waals surface area contributed by atoms with Crippen molar-refractivity contribution in [3.05, 3.63) is 41.4 Å². The second-order valence-electron chi connectivity index (χ2n) is 6.21. The van der Waals surface area contributed by atoms with Gasteiger partial charge in [0.2, 0.25) is 5.91 Å². The number of carbonyl (C=O) groups is 2. The van der Waals surface area contributed by atoms with Gasteiger partial charge in [-0.3, -0.25) is 9.59 Å². The summed E-state index contributed by atoms with van der Waals surface area (Å²) in [5, 5.41) is 12.2. The number of oxazole rings is 1. The summed E-state index contributed by atoms with van der Waals surface area (Å²) >= 11 is 6.13. The summed E-state index contributed by atoms with van der Waals surface area (Å²) in [4.78, 5) is 27.3. The van der Waals surface area contributed by atoms with Crippen LogP contribution in [0.4, 0.5) is 0 Å². The largest absolute Gasteiger partial charge is 0.481 e. The van der Waals surface area contributed by atoms with E-state index < -0.39 is 11.5 Å². The van der Waals surface area contributed by atoms with Crippen molar-refractivity contribution in [2.45, 2.75) is 31.7 Å². The predicted molar refractivity (Wildman–Crippen MR) is 95.9 cm³/mol. The first-order chi connectivity index (χ1) is 12.3. The lowest BCUT2D eigenvalue weighted by molar-refractivity contribution is -0.139. The van der Waals surface area contributed by atoms with Gasteiger partial charge in [0.1, 0.15) is 0 Å². The summed E-state index contributed by atoms with van der Waals surface area (Å²) in [6.45, 7) is 1.73. The van der Waals surface area contributed by atoms with Crippen molar-refractivity contribution in [1.29, 1.82) is 0 Å². The van der Waals surface area contributed by atoms with Crippen molar-refractivity contribution in [3.63, 3.8) is 0 Å². The molecule has 1 aromatic carbocycles. The molecule has 2 rings (SSSR count). The van der Waals surface area contributed by atoms with Crippen molar-refractivity contribution in [1.82, 2.24) is 10.3 Å². The lowest BCUT2D eigenvalue weighted by atomic mass is 9.98. The van der Waals surface area contributed by atoms with E-state index in [0.29, 0.717) is 16.7 Å². The van der Waals surface area contributed by atoms with E-state index in [0.717, 1.165) is 5.56 Å². The third kappa shape index (κ3) is 5.57. The zero-order valence-corrected chi connectivity index (χ0v) is 15.4. The van der Waals surface area contributed by atoms with Crippen LogP contribution in [0.25, 0.3) is 11.3 Å². The second-order valence-corrected chi connectivity index (χ2v) is 6.62. The van der Waals surface area contributed by atoms with Gasteiger partial charge in [0.05, 0.1) is 29.8 Å². The molecule has 2 N–H and O–H groups in total. The Morgan fingerprint density at radius 2 is 2.12 bits per heavy atom. The number of benzene rings is 1. The lowest BCUT2D eigenvalue weighted by Crippen LogP contribution is -2.50. The Morgan fingerprint density at radius 1 is 1.38 bits per heavy atom. The van der Waals surface area contributed by atoms with Crippen molar-refractivity contribution >= 4 is 23.5 Å². The van der Waals surface area contributed by atoms with E-state index in [2.05, 4.69) is 10.3 Å². The number of amides is 1. The number of aliphatic carboxylic acids is 1. The van der Waals surface area contributed by atoms with E-state index in [4.69, 9.17) is 25.9 Å². The molecule has 1 atom stereocenters. The summed E-state index contributed by atoms with van der Waals surface area (Å²) in [7, 11) is 1.45. The Morgan fingerprint density at radius 3 is 2.77 bits per heavy atom. The van der Waals surface area contributed by atoms with Gasteiger partial charge in [0.15, 0.2) is 11.7 Å². The fourth-order valence-electron chi connectivity index (χ4n) is 2.61. The van der Waals surface area contributed by atoms with Crippen LogP contribution < -0.4 is 5.32 Å². The Kier molecular flexibility index (Phi) is 6.76. The van der Waals surface area contributed by atoms with Crippen LogP contribution in [-0.4, -0.2) is 41.2 Å². The molecule has 1 unspecified atom stereocenters. The van der Waals surface area contributed by atoms with Crippen molar-refractivity contribution in [3.8, 4) is 11.3 Å². The monoisotopic (exact) mass is 380 g/mol. The Hall–Kier alpha value is -2.38. The molecular weight excluding hydrogens is 360 g/mol. The number of halogens is 1. The average Bonchev–Trinajstić information content (AvgIpc) is 3.01. The first kappa shape index (κ1) is 19.9. The normalized spacial score (nSPS) is 13.2. The van der Waals surface area contributed by atoms with Crippen LogP contribution in [0.15, 0.2) is 34.9 Å². The van der Waals surface area contributed by atoms with Crippen LogP contribution in [0.3, 0.4) is 0 Å².